The van der Waals surface area contributed by atoms with E-state index in [9.17, 15) is 4.79 Å². The van der Waals surface area contributed by atoms with Crippen molar-refractivity contribution >= 4 is 28.4 Å². The van der Waals surface area contributed by atoms with Crippen LogP contribution in [0, 0.1) is 0 Å². The number of aryl methyl sites for hydroxylation is 1. The summed E-state index contributed by atoms with van der Waals surface area (Å²) in [5.41, 5.74) is 3.24. The highest BCUT2D eigenvalue weighted by Gasteiger charge is 2.09. The first-order valence-corrected chi connectivity index (χ1v) is 7.99. The Bertz CT molecular complexity index is 824. The largest absolute Gasteiger partial charge is 0.350 e. The van der Waals surface area contributed by atoms with Gasteiger partial charge in [0.15, 0.2) is 0 Å². The van der Waals surface area contributed by atoms with Crippen LogP contribution in [0.25, 0.3) is 10.9 Å². The molecule has 1 aromatic heterocycles. The van der Waals surface area contributed by atoms with Crippen LogP contribution in [0.2, 0.25) is 5.02 Å². The van der Waals surface area contributed by atoms with Gasteiger partial charge in [0.2, 0.25) is 5.91 Å². The van der Waals surface area contributed by atoms with Crippen LogP contribution in [0.5, 0.6) is 0 Å². The molecule has 1 N–H and O–H groups in total. The Morgan fingerprint density at radius 3 is 2.65 bits per heavy atom. The molecule has 118 valence electrons. The average Bonchev–Trinajstić information content (AvgIpc) is 2.98. The lowest BCUT2D eigenvalue weighted by Gasteiger charge is -2.07. The molecule has 0 radical (unpaired) electrons. The second-order valence-corrected chi connectivity index (χ2v) is 5.83. The lowest BCUT2D eigenvalue weighted by atomic mass is 10.1. The minimum Gasteiger partial charge on any atom is -0.350 e. The van der Waals surface area contributed by atoms with Gasteiger partial charge in [-0.1, -0.05) is 48.9 Å². The molecule has 23 heavy (non-hydrogen) atoms. The second-order valence-electron chi connectivity index (χ2n) is 5.42. The highest BCUT2D eigenvalue weighted by molar-refractivity contribution is 6.35. The fourth-order valence-electron chi connectivity index (χ4n) is 2.48. The Morgan fingerprint density at radius 1 is 1.17 bits per heavy atom. The summed E-state index contributed by atoms with van der Waals surface area (Å²) < 4.78 is 1.66. The second kappa shape index (κ2) is 6.84. The zero-order chi connectivity index (χ0) is 16.2. The fraction of sp³-hybridized carbons (Fsp3) is 0.222. The minimum absolute atomic E-state index is 0.0745. The predicted molar refractivity (Wildman–Crippen MR) is 92.4 cm³/mol. The molecule has 0 bridgehead atoms. The first-order chi connectivity index (χ1) is 11.2. The summed E-state index contributed by atoms with van der Waals surface area (Å²) >= 11 is 6.12. The van der Waals surface area contributed by atoms with Gasteiger partial charge in [0.1, 0.15) is 6.54 Å². The Labute approximate surface area is 140 Å². The summed E-state index contributed by atoms with van der Waals surface area (Å²) in [4.78, 5) is 12.1. The molecule has 0 saturated carbocycles. The van der Waals surface area contributed by atoms with E-state index in [2.05, 4.69) is 29.5 Å². The molecule has 3 rings (SSSR count). The van der Waals surface area contributed by atoms with Crippen LogP contribution in [0.15, 0.2) is 48.7 Å². The Hall–Kier alpha value is -2.33. The minimum atomic E-state index is -0.0745. The molecule has 2 aromatic carbocycles. The Kier molecular flexibility index (Phi) is 4.63. The molecule has 0 unspecified atom stereocenters. The summed E-state index contributed by atoms with van der Waals surface area (Å²) in [6.07, 6.45) is 2.70. The van der Waals surface area contributed by atoms with Gasteiger partial charge in [-0.05, 0) is 29.7 Å². The van der Waals surface area contributed by atoms with E-state index < -0.39 is 0 Å². The quantitative estimate of drug-likeness (QED) is 0.778. The predicted octanol–water partition coefficient (Wildman–Crippen LogP) is 3.57. The summed E-state index contributed by atoms with van der Waals surface area (Å²) in [5.74, 6) is -0.0745. The SMILES string of the molecule is CCc1ccc(CNC(=O)Cn2ncc3c(Cl)cccc32)cc1. The number of nitrogens with zero attached hydrogens (tertiary/aromatic N) is 2. The number of halogens is 1. The molecule has 0 atom stereocenters. The van der Waals surface area contributed by atoms with Gasteiger partial charge in [-0.3, -0.25) is 9.48 Å². The molecule has 1 amide bonds. The maximum absolute atomic E-state index is 12.1. The van der Waals surface area contributed by atoms with Gasteiger partial charge in [0, 0.05) is 11.9 Å². The van der Waals surface area contributed by atoms with E-state index in [1.54, 1.807) is 10.9 Å². The maximum atomic E-state index is 12.1. The lowest BCUT2D eigenvalue weighted by molar-refractivity contribution is -0.121. The Balaban J connectivity index is 1.63. The number of carbonyl (C=O) groups is 1. The number of carbonyl (C=O) groups excluding carboxylic acids is 1. The zero-order valence-electron chi connectivity index (χ0n) is 12.9. The van der Waals surface area contributed by atoms with Crippen molar-refractivity contribution in [2.75, 3.05) is 0 Å². The molecule has 0 aliphatic rings. The molecule has 0 aliphatic carbocycles. The van der Waals surface area contributed by atoms with Gasteiger partial charge in [0.05, 0.1) is 16.7 Å². The van der Waals surface area contributed by atoms with Crippen LogP contribution in [0.1, 0.15) is 18.1 Å². The summed E-state index contributed by atoms with van der Waals surface area (Å²) in [5, 5.41) is 8.67. The standard InChI is InChI=1S/C18H18ClN3O/c1-2-13-6-8-14(9-7-13)10-20-18(23)12-22-17-5-3-4-16(19)15(17)11-21-22/h3-9,11H,2,10,12H2,1H3,(H,20,23). The molecule has 0 fully saturated rings. The van der Waals surface area contributed by atoms with Gasteiger partial charge in [-0.2, -0.15) is 5.10 Å². The van der Waals surface area contributed by atoms with Crippen molar-refractivity contribution < 1.29 is 4.79 Å². The van der Waals surface area contributed by atoms with Crippen molar-refractivity contribution in [2.45, 2.75) is 26.4 Å². The van der Waals surface area contributed by atoms with Gasteiger partial charge < -0.3 is 5.32 Å². The number of amides is 1. The molecular weight excluding hydrogens is 310 g/mol. The van der Waals surface area contributed by atoms with Gasteiger partial charge in [-0.15, -0.1) is 0 Å². The normalized spacial score (nSPS) is 10.9. The number of nitrogens with one attached hydrogen (secondary N) is 1. The third-order valence-corrected chi connectivity index (χ3v) is 4.18. The van der Waals surface area contributed by atoms with Gasteiger partial charge in [0.25, 0.3) is 0 Å². The average molecular weight is 328 g/mol. The van der Waals surface area contributed by atoms with Crippen molar-refractivity contribution in [1.82, 2.24) is 15.1 Å². The topological polar surface area (TPSA) is 46.9 Å². The van der Waals surface area contributed by atoms with E-state index in [-0.39, 0.29) is 12.5 Å². The third-order valence-electron chi connectivity index (χ3n) is 3.85. The van der Waals surface area contributed by atoms with Crippen LogP contribution < -0.4 is 5.32 Å². The van der Waals surface area contributed by atoms with E-state index >= 15 is 0 Å². The van der Waals surface area contributed by atoms with Crippen LogP contribution in [-0.4, -0.2) is 15.7 Å². The maximum Gasteiger partial charge on any atom is 0.242 e. The number of aromatic nitrogens is 2. The lowest BCUT2D eigenvalue weighted by Crippen LogP contribution is -2.27. The number of fused-ring (bicyclic) bond motifs is 1. The molecule has 0 spiro atoms. The van der Waals surface area contributed by atoms with Crippen molar-refractivity contribution in [3.63, 3.8) is 0 Å². The smallest absolute Gasteiger partial charge is 0.242 e. The van der Waals surface area contributed by atoms with E-state index in [1.165, 1.54) is 5.56 Å². The van der Waals surface area contributed by atoms with E-state index in [0.29, 0.717) is 11.6 Å². The van der Waals surface area contributed by atoms with Crippen molar-refractivity contribution in [1.29, 1.82) is 0 Å². The highest BCUT2D eigenvalue weighted by atomic mass is 35.5. The summed E-state index contributed by atoms with van der Waals surface area (Å²) in [6, 6.07) is 13.8. The van der Waals surface area contributed by atoms with Crippen molar-refractivity contribution in [3.05, 3.63) is 64.8 Å². The van der Waals surface area contributed by atoms with Gasteiger partial charge >= 0.3 is 0 Å². The van der Waals surface area contributed by atoms with Crippen LogP contribution in [-0.2, 0) is 24.3 Å². The van der Waals surface area contributed by atoms with Crippen LogP contribution in [0.4, 0.5) is 0 Å². The number of benzene rings is 2. The summed E-state index contributed by atoms with van der Waals surface area (Å²) in [6.45, 7) is 2.82. The molecule has 4 nitrogen and oxygen atoms in total. The fourth-order valence-corrected chi connectivity index (χ4v) is 2.70. The first-order valence-electron chi connectivity index (χ1n) is 7.62. The van der Waals surface area contributed by atoms with E-state index in [4.69, 9.17) is 11.6 Å². The molecule has 5 heteroatoms. The summed E-state index contributed by atoms with van der Waals surface area (Å²) in [7, 11) is 0. The van der Waals surface area contributed by atoms with Gasteiger partial charge in [-0.25, -0.2) is 0 Å². The first kappa shape index (κ1) is 15.6. The molecule has 0 aliphatic heterocycles. The number of rotatable bonds is 5. The molecule has 0 saturated heterocycles. The number of hydrogen-bond acceptors (Lipinski definition) is 2. The highest BCUT2D eigenvalue weighted by Crippen LogP contribution is 2.22. The monoisotopic (exact) mass is 327 g/mol. The molecule has 1 heterocycles. The van der Waals surface area contributed by atoms with E-state index in [0.717, 1.165) is 22.9 Å². The Morgan fingerprint density at radius 2 is 1.91 bits per heavy atom. The van der Waals surface area contributed by atoms with E-state index in [1.807, 2.05) is 30.3 Å². The molecule has 3 aromatic rings. The number of hydrogen-bond donors (Lipinski definition) is 1. The van der Waals surface area contributed by atoms with Crippen molar-refractivity contribution in [3.8, 4) is 0 Å². The van der Waals surface area contributed by atoms with Crippen LogP contribution in [0.3, 0.4) is 0 Å². The van der Waals surface area contributed by atoms with Crippen molar-refractivity contribution in [2.24, 2.45) is 0 Å². The molecular formula is C18H18ClN3O. The van der Waals surface area contributed by atoms with Crippen LogP contribution >= 0.6 is 11.6 Å². The zero-order valence-corrected chi connectivity index (χ0v) is 13.7. The third kappa shape index (κ3) is 3.54.